The first-order valence-corrected chi connectivity index (χ1v) is 7.78. The summed E-state index contributed by atoms with van der Waals surface area (Å²) in [6.45, 7) is 6.27. The highest BCUT2D eigenvalue weighted by molar-refractivity contribution is 6.34. The van der Waals surface area contributed by atoms with E-state index in [1.807, 2.05) is 12.1 Å². The van der Waals surface area contributed by atoms with E-state index in [-0.39, 0.29) is 5.41 Å². The molecule has 0 atom stereocenters. The van der Waals surface area contributed by atoms with Crippen LogP contribution in [0.3, 0.4) is 0 Å². The first-order valence-electron chi connectivity index (χ1n) is 6.49. The first-order chi connectivity index (χ1) is 9.77. The number of benzene rings is 1. The Morgan fingerprint density at radius 3 is 2.14 bits per heavy atom. The second-order valence-electron chi connectivity index (χ2n) is 5.79. The summed E-state index contributed by atoms with van der Waals surface area (Å²) in [6, 6.07) is 8.85. The molecule has 0 amide bonds. The van der Waals surface area contributed by atoms with Crippen LogP contribution in [0.25, 0.3) is 0 Å². The Morgan fingerprint density at radius 1 is 1.00 bits per heavy atom. The van der Waals surface area contributed by atoms with Crippen molar-refractivity contribution in [3.63, 3.8) is 0 Å². The van der Waals surface area contributed by atoms with E-state index in [0.717, 1.165) is 11.3 Å². The predicted octanol–water partition coefficient (Wildman–Crippen LogP) is 6.22. The van der Waals surface area contributed by atoms with Crippen LogP contribution in [0.1, 0.15) is 32.0 Å². The summed E-state index contributed by atoms with van der Waals surface area (Å²) in [5, 5.41) is 1.03. The molecule has 1 heterocycles. The molecule has 2 aromatic rings. The van der Waals surface area contributed by atoms with E-state index < -0.39 is 0 Å². The maximum absolute atomic E-state index is 5.97. The van der Waals surface area contributed by atoms with Gasteiger partial charge in [-0.15, -0.1) is 11.6 Å². The Hall–Kier alpha value is -0.960. The van der Waals surface area contributed by atoms with Crippen LogP contribution in [-0.4, -0.2) is 4.98 Å². The predicted molar refractivity (Wildman–Crippen MR) is 89.0 cm³/mol. The zero-order chi connectivity index (χ0) is 15.6. The number of hydrogen-bond acceptors (Lipinski definition) is 2. The SMILES string of the molecule is CC(C)(C)c1cc(CCl)cc(Oc2cc(Cl)cc(Cl)c2)n1. The zero-order valence-electron chi connectivity index (χ0n) is 12.1. The molecule has 0 aliphatic rings. The number of ether oxygens (including phenoxy) is 1. The van der Waals surface area contributed by atoms with Gasteiger partial charge in [0.1, 0.15) is 5.75 Å². The monoisotopic (exact) mass is 343 g/mol. The normalized spacial score (nSPS) is 11.5. The van der Waals surface area contributed by atoms with E-state index in [1.54, 1.807) is 18.2 Å². The minimum Gasteiger partial charge on any atom is -0.439 e. The molecule has 0 spiro atoms. The third-order valence-electron chi connectivity index (χ3n) is 2.84. The second-order valence-corrected chi connectivity index (χ2v) is 6.93. The van der Waals surface area contributed by atoms with Gasteiger partial charge in [0.25, 0.3) is 0 Å². The molecule has 2 nitrogen and oxygen atoms in total. The molecule has 0 bridgehead atoms. The molecule has 0 unspecified atom stereocenters. The van der Waals surface area contributed by atoms with E-state index in [4.69, 9.17) is 39.5 Å². The van der Waals surface area contributed by atoms with Crippen molar-refractivity contribution in [2.24, 2.45) is 0 Å². The minimum absolute atomic E-state index is 0.0911. The topological polar surface area (TPSA) is 22.1 Å². The van der Waals surface area contributed by atoms with Gasteiger partial charge in [-0.3, -0.25) is 0 Å². The third kappa shape index (κ3) is 4.50. The van der Waals surface area contributed by atoms with E-state index in [9.17, 15) is 0 Å². The molecule has 112 valence electrons. The van der Waals surface area contributed by atoms with Crippen molar-refractivity contribution in [3.8, 4) is 11.6 Å². The lowest BCUT2D eigenvalue weighted by molar-refractivity contribution is 0.451. The molecule has 0 fully saturated rings. The van der Waals surface area contributed by atoms with Crippen molar-refractivity contribution in [2.75, 3.05) is 0 Å². The summed E-state index contributed by atoms with van der Waals surface area (Å²) < 4.78 is 5.78. The summed E-state index contributed by atoms with van der Waals surface area (Å²) in [5.74, 6) is 1.43. The van der Waals surface area contributed by atoms with Gasteiger partial charge in [-0.05, 0) is 29.8 Å². The van der Waals surface area contributed by atoms with E-state index in [1.165, 1.54) is 0 Å². The lowest BCUT2D eigenvalue weighted by Crippen LogP contribution is -2.14. The van der Waals surface area contributed by atoms with Crippen LogP contribution < -0.4 is 4.74 Å². The number of aromatic nitrogens is 1. The van der Waals surface area contributed by atoms with Gasteiger partial charge in [0.2, 0.25) is 5.88 Å². The molecule has 2 rings (SSSR count). The van der Waals surface area contributed by atoms with Crippen molar-refractivity contribution < 1.29 is 4.74 Å². The average Bonchev–Trinajstić information content (AvgIpc) is 2.36. The molecule has 0 radical (unpaired) electrons. The Kier molecular flexibility index (Phi) is 5.03. The molecule has 1 aromatic heterocycles. The molecule has 1 aromatic carbocycles. The number of hydrogen-bond donors (Lipinski definition) is 0. The highest BCUT2D eigenvalue weighted by Crippen LogP contribution is 2.30. The van der Waals surface area contributed by atoms with Gasteiger partial charge < -0.3 is 4.74 Å². The highest BCUT2D eigenvalue weighted by atomic mass is 35.5. The molecule has 21 heavy (non-hydrogen) atoms. The summed E-state index contributed by atoms with van der Waals surface area (Å²) in [7, 11) is 0. The number of halogens is 3. The Balaban J connectivity index is 2.39. The largest absolute Gasteiger partial charge is 0.439 e. The quantitative estimate of drug-likeness (QED) is 0.617. The van der Waals surface area contributed by atoms with Crippen molar-refractivity contribution in [3.05, 3.63) is 51.6 Å². The second kappa shape index (κ2) is 6.43. The standard InChI is InChI=1S/C16H16Cl3NO/c1-16(2,3)14-4-10(9-17)5-15(20-14)21-13-7-11(18)6-12(19)8-13/h4-8H,9H2,1-3H3. The van der Waals surface area contributed by atoms with Crippen LogP contribution in [0.5, 0.6) is 11.6 Å². The smallest absolute Gasteiger partial charge is 0.219 e. The third-order valence-corrected chi connectivity index (χ3v) is 3.59. The number of rotatable bonds is 3. The van der Waals surface area contributed by atoms with E-state index in [2.05, 4.69) is 25.8 Å². The van der Waals surface area contributed by atoms with Crippen LogP contribution in [-0.2, 0) is 11.3 Å². The van der Waals surface area contributed by atoms with Gasteiger partial charge >= 0.3 is 0 Å². The lowest BCUT2D eigenvalue weighted by atomic mass is 9.91. The number of nitrogens with zero attached hydrogens (tertiary/aromatic N) is 1. The fourth-order valence-corrected chi connectivity index (χ4v) is 2.44. The first kappa shape index (κ1) is 16.4. The maximum Gasteiger partial charge on any atom is 0.219 e. The van der Waals surface area contributed by atoms with Crippen molar-refractivity contribution >= 4 is 34.8 Å². The van der Waals surface area contributed by atoms with Crippen LogP contribution in [0.15, 0.2) is 30.3 Å². The molecule has 0 saturated heterocycles. The fourth-order valence-electron chi connectivity index (χ4n) is 1.78. The van der Waals surface area contributed by atoms with Crippen LogP contribution >= 0.6 is 34.8 Å². The van der Waals surface area contributed by atoms with Crippen molar-refractivity contribution in [1.29, 1.82) is 0 Å². The summed E-state index contributed by atoms with van der Waals surface area (Å²) in [4.78, 5) is 4.54. The number of pyridine rings is 1. The molecule has 0 saturated carbocycles. The van der Waals surface area contributed by atoms with Crippen LogP contribution in [0, 0.1) is 0 Å². The van der Waals surface area contributed by atoms with Gasteiger partial charge in [-0.25, -0.2) is 4.98 Å². The Morgan fingerprint density at radius 2 is 1.62 bits per heavy atom. The molecular formula is C16H16Cl3NO. The Labute approximate surface area is 140 Å². The summed E-state index contributed by atoms with van der Waals surface area (Å²) in [6.07, 6.45) is 0. The Bertz CT molecular complexity index is 630. The highest BCUT2D eigenvalue weighted by Gasteiger charge is 2.18. The molecule has 0 aliphatic carbocycles. The van der Waals surface area contributed by atoms with Gasteiger partial charge in [0.05, 0.1) is 5.69 Å². The van der Waals surface area contributed by atoms with Crippen LogP contribution in [0.2, 0.25) is 10.0 Å². The lowest BCUT2D eigenvalue weighted by Gasteiger charge is -2.19. The van der Waals surface area contributed by atoms with Crippen molar-refractivity contribution in [2.45, 2.75) is 32.1 Å². The molecule has 5 heteroatoms. The average molecular weight is 345 g/mol. The molecule has 0 aliphatic heterocycles. The van der Waals surface area contributed by atoms with Gasteiger partial charge in [-0.1, -0.05) is 44.0 Å². The van der Waals surface area contributed by atoms with E-state index in [0.29, 0.717) is 27.6 Å². The van der Waals surface area contributed by atoms with Crippen molar-refractivity contribution in [1.82, 2.24) is 4.98 Å². The number of alkyl halides is 1. The zero-order valence-corrected chi connectivity index (χ0v) is 14.4. The van der Waals surface area contributed by atoms with Gasteiger partial charge in [0.15, 0.2) is 0 Å². The van der Waals surface area contributed by atoms with Gasteiger partial charge in [-0.2, -0.15) is 0 Å². The van der Waals surface area contributed by atoms with Crippen LogP contribution in [0.4, 0.5) is 0 Å². The van der Waals surface area contributed by atoms with E-state index >= 15 is 0 Å². The fraction of sp³-hybridized carbons (Fsp3) is 0.312. The summed E-state index contributed by atoms with van der Waals surface area (Å²) >= 11 is 17.9. The minimum atomic E-state index is -0.0911. The molecular weight excluding hydrogens is 329 g/mol. The molecule has 0 N–H and O–H groups in total. The van der Waals surface area contributed by atoms with Gasteiger partial charge in [0, 0.05) is 27.4 Å². The maximum atomic E-state index is 5.97. The summed E-state index contributed by atoms with van der Waals surface area (Å²) in [5.41, 5.74) is 1.79.